The van der Waals surface area contributed by atoms with Gasteiger partial charge in [-0.05, 0) is 12.1 Å². The predicted molar refractivity (Wildman–Crippen MR) is 97.4 cm³/mol. The lowest BCUT2D eigenvalue weighted by Gasteiger charge is -2.13. The summed E-state index contributed by atoms with van der Waals surface area (Å²) in [5.74, 6) is -1.62. The van der Waals surface area contributed by atoms with Gasteiger partial charge >= 0.3 is 5.97 Å². The molecular weight excluding hydrogens is 374 g/mol. The molecule has 0 aliphatic carbocycles. The molecule has 1 fully saturated rings. The standard InChI is InChI=1S/C17H15N3O6S/c21-13-7-12(19-11-4-2-1-3-10(11)13)16(24)26-8-14(22)18-5-6-20-15(23)9-27-17(20)25/h1-4,7H,5-6,8-9H2,(H,18,22)(H,19,21). The zero-order chi connectivity index (χ0) is 19.4. The summed E-state index contributed by atoms with van der Waals surface area (Å²) in [6, 6.07) is 7.83. The number of fused-ring (bicyclic) bond motifs is 1. The van der Waals surface area contributed by atoms with Crippen molar-refractivity contribution in [2.75, 3.05) is 25.4 Å². The SMILES string of the molecule is O=C(COC(=O)c1cc(=O)c2ccccc2[nH]1)NCCN1C(=O)CSC1=O. The Morgan fingerprint density at radius 2 is 2.00 bits per heavy atom. The molecule has 1 aliphatic heterocycles. The lowest BCUT2D eigenvalue weighted by Crippen LogP contribution is -2.38. The molecule has 0 bridgehead atoms. The highest BCUT2D eigenvalue weighted by molar-refractivity contribution is 8.14. The van der Waals surface area contributed by atoms with E-state index in [9.17, 15) is 24.0 Å². The van der Waals surface area contributed by atoms with Crippen LogP contribution in [0.25, 0.3) is 10.9 Å². The minimum atomic E-state index is -0.839. The number of carbonyl (C=O) groups is 4. The van der Waals surface area contributed by atoms with E-state index in [1.807, 2.05) is 0 Å². The van der Waals surface area contributed by atoms with E-state index in [0.29, 0.717) is 10.9 Å². The summed E-state index contributed by atoms with van der Waals surface area (Å²) in [6.45, 7) is -0.437. The number of imide groups is 1. The lowest BCUT2D eigenvalue weighted by atomic mass is 10.2. The summed E-state index contributed by atoms with van der Waals surface area (Å²) < 4.78 is 4.89. The highest BCUT2D eigenvalue weighted by Crippen LogP contribution is 2.17. The highest BCUT2D eigenvalue weighted by atomic mass is 32.2. The van der Waals surface area contributed by atoms with E-state index in [2.05, 4.69) is 10.3 Å². The van der Waals surface area contributed by atoms with Crippen molar-refractivity contribution in [2.45, 2.75) is 0 Å². The monoisotopic (exact) mass is 389 g/mol. The Labute approximate surface area is 157 Å². The molecule has 1 saturated heterocycles. The van der Waals surface area contributed by atoms with Crippen molar-refractivity contribution in [1.82, 2.24) is 15.2 Å². The van der Waals surface area contributed by atoms with Gasteiger partial charge in [0.1, 0.15) is 5.69 Å². The third-order valence-electron chi connectivity index (χ3n) is 3.79. The Kier molecular flexibility index (Phi) is 5.55. The van der Waals surface area contributed by atoms with Crippen molar-refractivity contribution >= 4 is 45.7 Å². The molecule has 140 valence electrons. The Morgan fingerprint density at radius 1 is 1.22 bits per heavy atom. The summed E-state index contributed by atoms with van der Waals surface area (Å²) in [4.78, 5) is 62.5. The van der Waals surface area contributed by atoms with Gasteiger partial charge in [-0.25, -0.2) is 4.79 Å². The van der Waals surface area contributed by atoms with Crippen molar-refractivity contribution in [3.8, 4) is 0 Å². The third-order valence-corrected chi connectivity index (χ3v) is 4.65. The lowest BCUT2D eigenvalue weighted by molar-refractivity contribution is -0.126. The zero-order valence-corrected chi connectivity index (χ0v) is 14.8. The first-order chi connectivity index (χ1) is 13.0. The number of nitrogens with zero attached hydrogens (tertiary/aromatic N) is 1. The Balaban J connectivity index is 1.50. The molecule has 3 amide bonds. The maximum atomic E-state index is 12.0. The second kappa shape index (κ2) is 8.04. The van der Waals surface area contributed by atoms with Gasteiger partial charge in [-0.15, -0.1) is 0 Å². The molecule has 0 radical (unpaired) electrons. The number of ether oxygens (including phenoxy) is 1. The van der Waals surface area contributed by atoms with Gasteiger partial charge in [-0.2, -0.15) is 0 Å². The molecule has 0 spiro atoms. The van der Waals surface area contributed by atoms with E-state index < -0.39 is 18.5 Å². The first-order valence-corrected chi connectivity index (χ1v) is 8.97. The highest BCUT2D eigenvalue weighted by Gasteiger charge is 2.29. The Hall–Kier alpha value is -3.14. The maximum Gasteiger partial charge on any atom is 0.355 e. The third kappa shape index (κ3) is 4.34. The van der Waals surface area contributed by atoms with Gasteiger partial charge in [0.2, 0.25) is 5.91 Å². The van der Waals surface area contributed by atoms with E-state index >= 15 is 0 Å². The number of nitrogens with one attached hydrogen (secondary N) is 2. The van der Waals surface area contributed by atoms with Gasteiger partial charge in [0, 0.05) is 30.1 Å². The van der Waals surface area contributed by atoms with Gasteiger partial charge in [-0.1, -0.05) is 23.9 Å². The molecule has 0 atom stereocenters. The van der Waals surface area contributed by atoms with Gasteiger partial charge in [0.15, 0.2) is 12.0 Å². The number of thioether (sulfide) groups is 1. The molecule has 9 nitrogen and oxygen atoms in total. The molecule has 3 rings (SSSR count). The number of benzene rings is 1. The fourth-order valence-electron chi connectivity index (χ4n) is 2.47. The first kappa shape index (κ1) is 18.6. The van der Waals surface area contributed by atoms with Gasteiger partial charge in [0.05, 0.1) is 5.75 Å². The molecule has 1 aromatic heterocycles. The molecule has 2 heterocycles. The molecular formula is C17H15N3O6S. The number of pyridine rings is 1. The number of para-hydroxylation sites is 1. The number of amides is 3. The number of rotatable bonds is 6. The average Bonchev–Trinajstić information content (AvgIpc) is 2.98. The minimum Gasteiger partial charge on any atom is -0.451 e. The van der Waals surface area contributed by atoms with Crippen LogP contribution in [0.5, 0.6) is 0 Å². The Bertz CT molecular complexity index is 970. The first-order valence-electron chi connectivity index (χ1n) is 7.99. The molecule has 1 aromatic carbocycles. The normalized spacial score (nSPS) is 13.9. The van der Waals surface area contributed by atoms with Crippen LogP contribution in [0, 0.1) is 0 Å². The van der Waals surface area contributed by atoms with Crippen LogP contribution >= 0.6 is 11.8 Å². The molecule has 0 unspecified atom stereocenters. The van der Waals surface area contributed by atoms with E-state index in [-0.39, 0.29) is 41.1 Å². The predicted octanol–water partition coefficient (Wildman–Crippen LogP) is 0.497. The summed E-state index contributed by atoms with van der Waals surface area (Å²) in [6.07, 6.45) is 0. The van der Waals surface area contributed by atoms with Gasteiger partial charge in [-0.3, -0.25) is 24.1 Å². The molecule has 1 aliphatic rings. The second-order valence-corrected chi connectivity index (χ2v) is 6.55. The van der Waals surface area contributed by atoms with Crippen molar-refractivity contribution in [3.05, 3.63) is 46.2 Å². The van der Waals surface area contributed by atoms with Crippen LogP contribution in [-0.2, 0) is 14.3 Å². The summed E-state index contributed by atoms with van der Waals surface area (Å²) in [5, 5.41) is 2.55. The van der Waals surface area contributed by atoms with E-state index in [1.54, 1.807) is 24.3 Å². The average molecular weight is 389 g/mol. The number of hydrogen-bond acceptors (Lipinski definition) is 7. The molecule has 2 N–H and O–H groups in total. The number of hydrogen-bond donors (Lipinski definition) is 2. The van der Waals surface area contributed by atoms with Crippen molar-refractivity contribution in [2.24, 2.45) is 0 Å². The quantitative estimate of drug-likeness (QED) is 0.689. The van der Waals surface area contributed by atoms with Gasteiger partial charge in [0.25, 0.3) is 11.1 Å². The number of aromatic amines is 1. The Morgan fingerprint density at radius 3 is 2.74 bits per heavy atom. The summed E-state index contributed by atoms with van der Waals surface area (Å²) >= 11 is 0.912. The van der Waals surface area contributed by atoms with E-state index in [4.69, 9.17) is 4.74 Å². The summed E-state index contributed by atoms with van der Waals surface area (Å²) in [7, 11) is 0. The van der Waals surface area contributed by atoms with Gasteiger partial charge < -0.3 is 15.0 Å². The molecule has 27 heavy (non-hydrogen) atoms. The number of esters is 1. The van der Waals surface area contributed by atoms with Crippen LogP contribution in [0.15, 0.2) is 35.1 Å². The van der Waals surface area contributed by atoms with Crippen LogP contribution in [0.2, 0.25) is 0 Å². The van der Waals surface area contributed by atoms with Crippen molar-refractivity contribution < 1.29 is 23.9 Å². The van der Waals surface area contributed by atoms with Crippen LogP contribution in [0.1, 0.15) is 10.5 Å². The summed E-state index contributed by atoms with van der Waals surface area (Å²) in [5.41, 5.74) is 0.0922. The topological polar surface area (TPSA) is 126 Å². The van der Waals surface area contributed by atoms with E-state index in [1.165, 1.54) is 0 Å². The largest absolute Gasteiger partial charge is 0.451 e. The number of carbonyl (C=O) groups excluding carboxylic acids is 4. The number of H-pyrrole nitrogens is 1. The van der Waals surface area contributed by atoms with Crippen LogP contribution < -0.4 is 10.7 Å². The van der Waals surface area contributed by atoms with Crippen LogP contribution in [-0.4, -0.2) is 58.4 Å². The number of aromatic nitrogens is 1. The minimum absolute atomic E-state index is 0.0568. The fourth-order valence-corrected chi connectivity index (χ4v) is 3.22. The zero-order valence-electron chi connectivity index (χ0n) is 14.0. The smallest absolute Gasteiger partial charge is 0.355 e. The molecule has 0 saturated carbocycles. The van der Waals surface area contributed by atoms with E-state index in [0.717, 1.165) is 22.7 Å². The van der Waals surface area contributed by atoms with Crippen molar-refractivity contribution in [3.63, 3.8) is 0 Å². The van der Waals surface area contributed by atoms with Crippen LogP contribution in [0.3, 0.4) is 0 Å². The fraction of sp³-hybridized carbons (Fsp3) is 0.235. The second-order valence-electron chi connectivity index (χ2n) is 5.62. The van der Waals surface area contributed by atoms with Crippen LogP contribution in [0.4, 0.5) is 4.79 Å². The van der Waals surface area contributed by atoms with Crippen molar-refractivity contribution in [1.29, 1.82) is 0 Å². The maximum absolute atomic E-state index is 12.0. The molecule has 2 aromatic rings. The molecule has 10 heteroatoms.